The molecule has 2 unspecified atom stereocenters. The number of carboxylic acids is 1. The summed E-state index contributed by atoms with van der Waals surface area (Å²) in [5, 5.41) is 14.2. The van der Waals surface area contributed by atoms with Crippen molar-refractivity contribution in [2.24, 2.45) is 5.92 Å². The molecule has 20 heavy (non-hydrogen) atoms. The summed E-state index contributed by atoms with van der Waals surface area (Å²) in [6.07, 6.45) is 3.23. The molecule has 0 radical (unpaired) electrons. The zero-order valence-electron chi connectivity index (χ0n) is 12.5. The monoisotopic (exact) mass is 285 g/mol. The summed E-state index contributed by atoms with van der Waals surface area (Å²) >= 11 is 0. The number of nitrogens with zero attached hydrogens (tertiary/aromatic N) is 1. The Labute approximate surface area is 120 Å². The minimum Gasteiger partial charge on any atom is -0.481 e. The highest BCUT2D eigenvalue weighted by Gasteiger charge is 2.18. The molecule has 2 amide bonds. The lowest BCUT2D eigenvalue weighted by molar-refractivity contribution is -0.137. The van der Waals surface area contributed by atoms with Crippen LogP contribution in [0.1, 0.15) is 39.5 Å². The van der Waals surface area contributed by atoms with E-state index in [4.69, 9.17) is 5.11 Å². The molecule has 3 N–H and O–H groups in total. The van der Waals surface area contributed by atoms with Gasteiger partial charge in [0.2, 0.25) is 0 Å². The number of hydrogen-bond acceptors (Lipinski definition) is 3. The first-order chi connectivity index (χ1) is 9.49. The lowest BCUT2D eigenvalue weighted by Gasteiger charge is -2.24. The second kappa shape index (κ2) is 8.79. The van der Waals surface area contributed by atoms with Crippen LogP contribution < -0.4 is 10.6 Å². The second-order valence-electron chi connectivity index (χ2n) is 5.72. The van der Waals surface area contributed by atoms with E-state index in [1.165, 1.54) is 12.8 Å². The summed E-state index contributed by atoms with van der Waals surface area (Å²) in [6.45, 7) is 7.47. The van der Waals surface area contributed by atoms with Crippen LogP contribution in [0.2, 0.25) is 0 Å². The van der Waals surface area contributed by atoms with Crippen LogP contribution in [-0.4, -0.2) is 54.2 Å². The highest BCUT2D eigenvalue weighted by molar-refractivity contribution is 5.73. The van der Waals surface area contributed by atoms with Crippen molar-refractivity contribution < 1.29 is 14.7 Å². The molecule has 0 aromatic rings. The van der Waals surface area contributed by atoms with Gasteiger partial charge in [-0.3, -0.25) is 9.69 Å². The van der Waals surface area contributed by atoms with Crippen molar-refractivity contribution in [3.05, 3.63) is 0 Å². The van der Waals surface area contributed by atoms with E-state index in [9.17, 15) is 9.59 Å². The van der Waals surface area contributed by atoms with E-state index >= 15 is 0 Å². The molecule has 1 fully saturated rings. The van der Waals surface area contributed by atoms with Crippen molar-refractivity contribution in [3.8, 4) is 0 Å². The number of carbonyl (C=O) groups excluding carboxylic acids is 1. The molecule has 0 bridgehead atoms. The van der Waals surface area contributed by atoms with Crippen molar-refractivity contribution in [1.82, 2.24) is 15.5 Å². The molecule has 1 aliphatic rings. The minimum absolute atomic E-state index is 0.149. The molecule has 1 aliphatic heterocycles. The number of carboxylic acid groups (broad SMARTS) is 1. The van der Waals surface area contributed by atoms with Gasteiger partial charge in [-0.1, -0.05) is 6.92 Å². The highest BCUT2D eigenvalue weighted by Crippen LogP contribution is 2.10. The SMILES string of the molecule is CC(CCC(=O)O)CNC(=O)NCC(C)N1CCCC1. The molecule has 0 aromatic carbocycles. The van der Waals surface area contributed by atoms with Crippen molar-refractivity contribution in [2.45, 2.75) is 45.6 Å². The Morgan fingerprint density at radius 1 is 1.15 bits per heavy atom. The maximum Gasteiger partial charge on any atom is 0.314 e. The van der Waals surface area contributed by atoms with Crippen LogP contribution in [0.15, 0.2) is 0 Å². The molecule has 1 rings (SSSR count). The number of urea groups is 1. The van der Waals surface area contributed by atoms with E-state index in [2.05, 4.69) is 22.5 Å². The van der Waals surface area contributed by atoms with Gasteiger partial charge < -0.3 is 15.7 Å². The Morgan fingerprint density at radius 3 is 2.35 bits per heavy atom. The normalized spacial score (nSPS) is 18.5. The Bertz CT molecular complexity index is 317. The first-order valence-corrected chi connectivity index (χ1v) is 7.46. The van der Waals surface area contributed by atoms with Crippen LogP contribution in [0.25, 0.3) is 0 Å². The lowest BCUT2D eigenvalue weighted by atomic mass is 10.1. The molecule has 1 heterocycles. The predicted molar refractivity (Wildman–Crippen MR) is 77.7 cm³/mol. The zero-order chi connectivity index (χ0) is 15.0. The minimum atomic E-state index is -0.791. The van der Waals surface area contributed by atoms with E-state index in [0.717, 1.165) is 13.1 Å². The van der Waals surface area contributed by atoms with Gasteiger partial charge in [0, 0.05) is 25.6 Å². The average Bonchev–Trinajstić information content (AvgIpc) is 2.94. The first-order valence-electron chi connectivity index (χ1n) is 7.46. The third kappa shape index (κ3) is 6.75. The third-order valence-corrected chi connectivity index (χ3v) is 3.78. The smallest absolute Gasteiger partial charge is 0.314 e. The summed E-state index contributed by atoms with van der Waals surface area (Å²) in [5.41, 5.74) is 0. The fourth-order valence-corrected chi connectivity index (χ4v) is 2.35. The van der Waals surface area contributed by atoms with Gasteiger partial charge in [0.05, 0.1) is 0 Å². The Kier molecular flexibility index (Phi) is 7.36. The summed E-state index contributed by atoms with van der Waals surface area (Å²) < 4.78 is 0. The molecule has 1 saturated heterocycles. The van der Waals surface area contributed by atoms with Gasteiger partial charge in [-0.05, 0) is 45.2 Å². The van der Waals surface area contributed by atoms with E-state index in [1.807, 2.05) is 6.92 Å². The summed E-state index contributed by atoms with van der Waals surface area (Å²) in [6, 6.07) is 0.200. The number of nitrogens with one attached hydrogen (secondary N) is 2. The quantitative estimate of drug-likeness (QED) is 0.627. The molecule has 0 spiro atoms. The fourth-order valence-electron chi connectivity index (χ4n) is 2.35. The molecule has 0 aliphatic carbocycles. The van der Waals surface area contributed by atoms with Crippen LogP contribution in [0, 0.1) is 5.92 Å². The molecule has 6 heteroatoms. The predicted octanol–water partition coefficient (Wildman–Crippen LogP) is 1.27. The van der Waals surface area contributed by atoms with Gasteiger partial charge in [-0.15, -0.1) is 0 Å². The summed E-state index contributed by atoms with van der Waals surface area (Å²) in [5.74, 6) is -0.617. The molecule has 0 saturated carbocycles. The Balaban J connectivity index is 2.08. The first kappa shape index (κ1) is 16.8. The van der Waals surface area contributed by atoms with Gasteiger partial charge in [0.25, 0.3) is 0 Å². The van der Waals surface area contributed by atoms with Gasteiger partial charge in [0.15, 0.2) is 0 Å². The number of hydrogen-bond donors (Lipinski definition) is 3. The van der Waals surface area contributed by atoms with Crippen LogP contribution in [0.4, 0.5) is 4.79 Å². The molecular formula is C14H27N3O3. The van der Waals surface area contributed by atoms with Crippen LogP contribution >= 0.6 is 0 Å². The zero-order valence-corrected chi connectivity index (χ0v) is 12.5. The van der Waals surface area contributed by atoms with E-state index in [1.54, 1.807) is 0 Å². The number of aliphatic carboxylic acids is 1. The van der Waals surface area contributed by atoms with Gasteiger partial charge in [-0.2, -0.15) is 0 Å². The standard InChI is InChI=1S/C14H27N3O3/c1-11(5-6-13(18)19)9-15-14(20)16-10-12(2)17-7-3-4-8-17/h11-12H,3-10H2,1-2H3,(H,18,19)(H2,15,16,20). The van der Waals surface area contributed by atoms with Crippen molar-refractivity contribution >= 4 is 12.0 Å². The largest absolute Gasteiger partial charge is 0.481 e. The third-order valence-electron chi connectivity index (χ3n) is 3.78. The van der Waals surface area contributed by atoms with Crippen LogP contribution in [-0.2, 0) is 4.79 Å². The Hall–Kier alpha value is -1.30. The maximum absolute atomic E-state index is 11.6. The number of likely N-dealkylation sites (tertiary alicyclic amines) is 1. The molecular weight excluding hydrogens is 258 g/mol. The van der Waals surface area contributed by atoms with Crippen LogP contribution in [0.3, 0.4) is 0 Å². The molecule has 6 nitrogen and oxygen atoms in total. The van der Waals surface area contributed by atoms with Crippen LogP contribution in [0.5, 0.6) is 0 Å². The van der Waals surface area contributed by atoms with Crippen molar-refractivity contribution in [2.75, 3.05) is 26.2 Å². The highest BCUT2D eigenvalue weighted by atomic mass is 16.4. The fraction of sp³-hybridized carbons (Fsp3) is 0.857. The molecule has 2 atom stereocenters. The van der Waals surface area contributed by atoms with E-state index < -0.39 is 5.97 Å². The lowest BCUT2D eigenvalue weighted by Crippen LogP contribution is -2.45. The van der Waals surface area contributed by atoms with E-state index in [-0.39, 0.29) is 18.4 Å². The summed E-state index contributed by atoms with van der Waals surface area (Å²) in [7, 11) is 0. The topological polar surface area (TPSA) is 81.7 Å². The van der Waals surface area contributed by atoms with E-state index in [0.29, 0.717) is 25.6 Å². The number of amides is 2. The van der Waals surface area contributed by atoms with Crippen molar-refractivity contribution in [3.63, 3.8) is 0 Å². The summed E-state index contributed by atoms with van der Waals surface area (Å²) in [4.78, 5) is 24.5. The van der Waals surface area contributed by atoms with Gasteiger partial charge >= 0.3 is 12.0 Å². The molecule has 0 aromatic heterocycles. The molecule has 116 valence electrons. The Morgan fingerprint density at radius 2 is 1.75 bits per heavy atom. The average molecular weight is 285 g/mol. The number of rotatable bonds is 8. The maximum atomic E-state index is 11.6. The van der Waals surface area contributed by atoms with Crippen molar-refractivity contribution in [1.29, 1.82) is 0 Å². The van der Waals surface area contributed by atoms with Gasteiger partial charge in [0.1, 0.15) is 0 Å². The van der Waals surface area contributed by atoms with Gasteiger partial charge in [-0.25, -0.2) is 4.79 Å². The number of carbonyl (C=O) groups is 2. The second-order valence-corrected chi connectivity index (χ2v) is 5.72.